The molecule has 0 saturated heterocycles. The van der Waals surface area contributed by atoms with Crippen LogP contribution in [0.3, 0.4) is 0 Å². The van der Waals surface area contributed by atoms with Gasteiger partial charge in [-0.15, -0.1) is 11.8 Å². The molecule has 3 nitrogen and oxygen atoms in total. The van der Waals surface area contributed by atoms with Crippen molar-refractivity contribution in [2.24, 2.45) is 11.5 Å². The Morgan fingerprint density at radius 3 is 2.25 bits per heavy atom. The number of amides is 1. The van der Waals surface area contributed by atoms with Crippen molar-refractivity contribution in [3.8, 4) is 0 Å². The average molecular weight is 290 g/mol. The standard InChI is InChI=1S/C15H15FN2OS/c16-12-6-8-13(9-7-12)20-10-15(18,14(17)19)11-4-2-1-3-5-11/h1-9H,10,18H2,(H2,17,19). The number of rotatable bonds is 5. The van der Waals surface area contributed by atoms with E-state index in [1.165, 1.54) is 23.9 Å². The van der Waals surface area contributed by atoms with Gasteiger partial charge in [0.25, 0.3) is 0 Å². The van der Waals surface area contributed by atoms with E-state index in [-0.39, 0.29) is 11.6 Å². The third-order valence-corrected chi connectivity index (χ3v) is 4.21. The number of hydrogen-bond acceptors (Lipinski definition) is 3. The molecule has 0 aliphatic heterocycles. The zero-order valence-corrected chi connectivity index (χ0v) is 11.6. The molecule has 4 N–H and O–H groups in total. The number of carbonyl (C=O) groups excluding carboxylic acids is 1. The molecule has 0 bridgehead atoms. The van der Waals surface area contributed by atoms with Crippen molar-refractivity contribution >= 4 is 17.7 Å². The van der Waals surface area contributed by atoms with E-state index in [2.05, 4.69) is 0 Å². The van der Waals surface area contributed by atoms with Crippen molar-refractivity contribution in [3.63, 3.8) is 0 Å². The first kappa shape index (κ1) is 14.6. The molecule has 5 heteroatoms. The molecule has 2 rings (SSSR count). The minimum atomic E-state index is -1.25. The van der Waals surface area contributed by atoms with Gasteiger partial charge in [-0.25, -0.2) is 4.39 Å². The summed E-state index contributed by atoms with van der Waals surface area (Å²) in [6, 6.07) is 15.0. The number of primary amides is 1. The maximum absolute atomic E-state index is 12.8. The Labute approximate surface area is 121 Å². The van der Waals surface area contributed by atoms with E-state index >= 15 is 0 Å². The lowest BCUT2D eigenvalue weighted by Crippen LogP contribution is -2.51. The first-order chi connectivity index (χ1) is 9.52. The number of hydrogen-bond donors (Lipinski definition) is 2. The highest BCUT2D eigenvalue weighted by Gasteiger charge is 2.34. The SMILES string of the molecule is NC(=O)C(N)(CSc1ccc(F)cc1)c1ccccc1. The highest BCUT2D eigenvalue weighted by molar-refractivity contribution is 7.99. The van der Waals surface area contributed by atoms with Gasteiger partial charge in [0.1, 0.15) is 11.4 Å². The van der Waals surface area contributed by atoms with Gasteiger partial charge in [0, 0.05) is 10.6 Å². The van der Waals surface area contributed by atoms with Crippen LogP contribution < -0.4 is 11.5 Å². The molecule has 0 aromatic heterocycles. The van der Waals surface area contributed by atoms with Crippen molar-refractivity contribution in [2.45, 2.75) is 10.4 Å². The topological polar surface area (TPSA) is 69.1 Å². The van der Waals surface area contributed by atoms with Crippen molar-refractivity contribution in [1.82, 2.24) is 0 Å². The molecule has 1 atom stereocenters. The second-order valence-corrected chi connectivity index (χ2v) is 5.49. The van der Waals surface area contributed by atoms with Gasteiger partial charge in [-0.2, -0.15) is 0 Å². The third-order valence-electron chi connectivity index (χ3n) is 3.01. The molecular weight excluding hydrogens is 275 g/mol. The van der Waals surface area contributed by atoms with Gasteiger partial charge >= 0.3 is 0 Å². The zero-order valence-electron chi connectivity index (χ0n) is 10.8. The van der Waals surface area contributed by atoms with Crippen LogP contribution in [-0.2, 0) is 10.3 Å². The van der Waals surface area contributed by atoms with Gasteiger partial charge in [-0.3, -0.25) is 4.79 Å². The summed E-state index contributed by atoms with van der Waals surface area (Å²) in [4.78, 5) is 12.6. The smallest absolute Gasteiger partial charge is 0.243 e. The summed E-state index contributed by atoms with van der Waals surface area (Å²) >= 11 is 1.37. The van der Waals surface area contributed by atoms with E-state index in [1.54, 1.807) is 24.3 Å². The Balaban J connectivity index is 2.18. The fourth-order valence-corrected chi connectivity index (χ4v) is 2.79. The Hall–Kier alpha value is -1.85. The van der Waals surface area contributed by atoms with E-state index in [0.29, 0.717) is 5.56 Å². The molecule has 2 aromatic rings. The van der Waals surface area contributed by atoms with Crippen LogP contribution in [0.1, 0.15) is 5.56 Å². The summed E-state index contributed by atoms with van der Waals surface area (Å²) < 4.78 is 12.8. The molecule has 0 spiro atoms. The monoisotopic (exact) mass is 290 g/mol. The Morgan fingerprint density at radius 2 is 1.70 bits per heavy atom. The zero-order chi connectivity index (χ0) is 14.6. The lowest BCUT2D eigenvalue weighted by Gasteiger charge is -2.26. The predicted molar refractivity (Wildman–Crippen MR) is 78.6 cm³/mol. The summed E-state index contributed by atoms with van der Waals surface area (Å²) in [6.07, 6.45) is 0. The molecule has 1 amide bonds. The number of carbonyl (C=O) groups is 1. The molecule has 0 fully saturated rings. The summed E-state index contributed by atoms with van der Waals surface area (Å²) in [5.74, 6) is -0.595. The fraction of sp³-hybridized carbons (Fsp3) is 0.133. The molecular formula is C15H15FN2OS. The quantitative estimate of drug-likeness (QED) is 0.830. The van der Waals surface area contributed by atoms with E-state index in [4.69, 9.17) is 11.5 Å². The molecule has 0 aliphatic rings. The van der Waals surface area contributed by atoms with Gasteiger partial charge in [0.05, 0.1) is 0 Å². The molecule has 2 aromatic carbocycles. The largest absolute Gasteiger partial charge is 0.368 e. The highest BCUT2D eigenvalue weighted by Crippen LogP contribution is 2.28. The minimum Gasteiger partial charge on any atom is -0.368 e. The first-order valence-corrected chi connectivity index (χ1v) is 7.03. The van der Waals surface area contributed by atoms with Crippen molar-refractivity contribution < 1.29 is 9.18 Å². The Morgan fingerprint density at radius 1 is 1.10 bits per heavy atom. The van der Waals surface area contributed by atoms with E-state index in [1.807, 2.05) is 18.2 Å². The predicted octanol–water partition coefficient (Wildman–Crippen LogP) is 2.26. The van der Waals surface area contributed by atoms with Crippen LogP contribution in [0.2, 0.25) is 0 Å². The molecule has 0 saturated carbocycles. The normalized spacial score (nSPS) is 13.7. The Bertz CT molecular complexity index is 589. The minimum absolute atomic E-state index is 0.290. The van der Waals surface area contributed by atoms with Crippen LogP contribution in [0.15, 0.2) is 59.5 Å². The molecule has 0 aliphatic carbocycles. The van der Waals surface area contributed by atoms with Gasteiger partial charge in [-0.05, 0) is 29.8 Å². The summed E-state index contributed by atoms with van der Waals surface area (Å²) in [6.45, 7) is 0. The van der Waals surface area contributed by atoms with Crippen molar-refractivity contribution in [1.29, 1.82) is 0 Å². The second kappa shape index (κ2) is 6.07. The average Bonchev–Trinajstić information content (AvgIpc) is 2.47. The summed E-state index contributed by atoms with van der Waals surface area (Å²) in [7, 11) is 0. The molecule has 0 radical (unpaired) electrons. The first-order valence-electron chi connectivity index (χ1n) is 6.05. The summed E-state index contributed by atoms with van der Waals surface area (Å²) in [5.41, 5.74) is 11.0. The molecule has 20 heavy (non-hydrogen) atoms. The van der Waals surface area contributed by atoms with Crippen molar-refractivity contribution in [2.75, 3.05) is 5.75 Å². The number of halogens is 1. The third kappa shape index (κ3) is 3.18. The fourth-order valence-electron chi connectivity index (χ4n) is 1.76. The number of benzene rings is 2. The highest BCUT2D eigenvalue weighted by atomic mass is 32.2. The van der Waals surface area contributed by atoms with E-state index < -0.39 is 11.4 Å². The number of thioether (sulfide) groups is 1. The maximum atomic E-state index is 12.8. The van der Waals surface area contributed by atoms with Crippen LogP contribution in [-0.4, -0.2) is 11.7 Å². The molecule has 104 valence electrons. The van der Waals surface area contributed by atoms with Crippen molar-refractivity contribution in [3.05, 3.63) is 66.0 Å². The van der Waals surface area contributed by atoms with Gasteiger partial charge < -0.3 is 11.5 Å². The van der Waals surface area contributed by atoms with Crippen LogP contribution in [0.25, 0.3) is 0 Å². The van der Waals surface area contributed by atoms with Crippen LogP contribution in [0, 0.1) is 5.82 Å². The van der Waals surface area contributed by atoms with Gasteiger partial charge in [0.2, 0.25) is 5.91 Å². The van der Waals surface area contributed by atoms with Crippen LogP contribution >= 0.6 is 11.8 Å². The molecule has 1 unspecified atom stereocenters. The number of nitrogens with two attached hydrogens (primary N) is 2. The van der Waals surface area contributed by atoms with Crippen LogP contribution in [0.5, 0.6) is 0 Å². The van der Waals surface area contributed by atoms with Gasteiger partial charge in [0.15, 0.2) is 0 Å². The van der Waals surface area contributed by atoms with Gasteiger partial charge in [-0.1, -0.05) is 30.3 Å². The van der Waals surface area contributed by atoms with E-state index in [9.17, 15) is 9.18 Å². The second-order valence-electron chi connectivity index (χ2n) is 4.44. The lowest BCUT2D eigenvalue weighted by molar-refractivity contribution is -0.122. The van der Waals surface area contributed by atoms with Crippen LogP contribution in [0.4, 0.5) is 4.39 Å². The van der Waals surface area contributed by atoms with E-state index in [0.717, 1.165) is 4.90 Å². The summed E-state index contributed by atoms with van der Waals surface area (Å²) in [5, 5.41) is 0. The molecule has 0 heterocycles. The Kier molecular flexibility index (Phi) is 4.42. The maximum Gasteiger partial charge on any atom is 0.243 e. The lowest BCUT2D eigenvalue weighted by atomic mass is 9.92.